The summed E-state index contributed by atoms with van der Waals surface area (Å²) < 4.78 is 8.98. The average molecular weight is 725 g/mol. The van der Waals surface area contributed by atoms with E-state index in [4.69, 9.17) is 9.72 Å². The van der Waals surface area contributed by atoms with E-state index in [9.17, 15) is 0 Å². The van der Waals surface area contributed by atoms with Gasteiger partial charge in [-0.05, 0) is 82.1 Å². The SMILES string of the molecule is CC(C)(C)C1=CN(c2ccc(C(C)(C)C)cc2-c2ccccc2)CN1c1cccc(Oc2ccc3c4ccccc4n(-c4cc(C(C)(C)C)ccn4)c3c2)c1. The molecule has 5 heteroatoms. The van der Waals surface area contributed by atoms with E-state index in [2.05, 4.69) is 204 Å². The summed E-state index contributed by atoms with van der Waals surface area (Å²) in [4.78, 5) is 9.69. The van der Waals surface area contributed by atoms with E-state index in [0.717, 1.165) is 34.0 Å². The maximum Gasteiger partial charge on any atom is 0.137 e. The molecule has 1 aliphatic heterocycles. The van der Waals surface area contributed by atoms with Gasteiger partial charge in [-0.15, -0.1) is 0 Å². The summed E-state index contributed by atoms with van der Waals surface area (Å²) in [5, 5.41) is 2.36. The molecule has 0 bridgehead atoms. The van der Waals surface area contributed by atoms with Crippen molar-refractivity contribution in [3.8, 4) is 28.4 Å². The minimum absolute atomic E-state index is 0.00518. The number of fused-ring (bicyclic) bond motifs is 3. The molecule has 5 nitrogen and oxygen atoms in total. The van der Waals surface area contributed by atoms with Crippen LogP contribution in [0.5, 0.6) is 11.5 Å². The molecule has 1 aliphatic rings. The zero-order chi connectivity index (χ0) is 38.7. The van der Waals surface area contributed by atoms with Crippen LogP contribution in [0.15, 0.2) is 145 Å². The summed E-state index contributed by atoms with van der Waals surface area (Å²) in [7, 11) is 0. The Morgan fingerprint density at radius 1 is 0.564 bits per heavy atom. The van der Waals surface area contributed by atoms with Gasteiger partial charge in [0.2, 0.25) is 0 Å². The number of para-hydroxylation sites is 1. The van der Waals surface area contributed by atoms with Gasteiger partial charge in [0.05, 0.1) is 23.4 Å². The Balaban J connectivity index is 1.15. The van der Waals surface area contributed by atoms with Crippen molar-refractivity contribution in [2.24, 2.45) is 5.41 Å². The van der Waals surface area contributed by atoms with Gasteiger partial charge < -0.3 is 14.5 Å². The predicted octanol–water partition coefficient (Wildman–Crippen LogP) is 13.4. The lowest BCUT2D eigenvalue weighted by Gasteiger charge is -2.31. The monoisotopic (exact) mass is 724 g/mol. The van der Waals surface area contributed by atoms with Crippen molar-refractivity contribution >= 4 is 33.2 Å². The van der Waals surface area contributed by atoms with Gasteiger partial charge in [-0.3, -0.25) is 4.57 Å². The molecule has 0 amide bonds. The minimum Gasteiger partial charge on any atom is -0.457 e. The quantitative estimate of drug-likeness (QED) is 0.171. The summed E-state index contributed by atoms with van der Waals surface area (Å²) in [6.07, 6.45) is 4.26. The van der Waals surface area contributed by atoms with Crippen molar-refractivity contribution in [2.45, 2.75) is 73.1 Å². The highest BCUT2D eigenvalue weighted by Gasteiger charge is 2.33. The molecule has 5 aromatic carbocycles. The first-order valence-electron chi connectivity index (χ1n) is 19.4. The van der Waals surface area contributed by atoms with Crippen molar-refractivity contribution in [3.63, 3.8) is 0 Å². The van der Waals surface area contributed by atoms with Crippen LogP contribution in [0.3, 0.4) is 0 Å². The number of aromatic nitrogens is 2. The Kier molecular flexibility index (Phi) is 8.87. The number of rotatable bonds is 6. The summed E-state index contributed by atoms with van der Waals surface area (Å²) in [5.41, 5.74) is 10.7. The second kappa shape index (κ2) is 13.5. The first-order valence-corrected chi connectivity index (χ1v) is 19.4. The zero-order valence-corrected chi connectivity index (χ0v) is 33.7. The van der Waals surface area contributed by atoms with Crippen LogP contribution in [-0.2, 0) is 10.8 Å². The highest BCUT2D eigenvalue weighted by Crippen LogP contribution is 2.43. The Bertz CT molecular complexity index is 2560. The van der Waals surface area contributed by atoms with Crippen molar-refractivity contribution in [1.82, 2.24) is 9.55 Å². The molecular formula is C50H52N4O. The molecule has 0 unspecified atom stereocenters. The third kappa shape index (κ3) is 7.00. The fraction of sp³-hybridized carbons (Fsp3) is 0.260. The van der Waals surface area contributed by atoms with Crippen LogP contribution in [0.25, 0.3) is 38.8 Å². The first-order chi connectivity index (χ1) is 26.1. The molecule has 0 radical (unpaired) electrons. The number of anilines is 2. The molecule has 0 atom stereocenters. The standard InChI is InChI=1S/C50H52N4O/c1-48(2,3)35-22-25-43(42(28-35)34-16-11-10-12-17-34)52-32-46(50(7,8)9)53(33-52)37-18-15-19-38(30-37)55-39-23-24-41-40-20-13-14-21-44(40)54(45(41)31-39)47-29-36(26-27-51-47)49(4,5)6/h10-32H,33H2,1-9H3. The van der Waals surface area contributed by atoms with Crippen molar-refractivity contribution in [3.05, 3.63) is 157 Å². The van der Waals surface area contributed by atoms with Crippen molar-refractivity contribution in [1.29, 1.82) is 0 Å². The Morgan fingerprint density at radius 3 is 2.00 bits per heavy atom. The lowest BCUT2D eigenvalue weighted by molar-refractivity contribution is 0.481. The van der Waals surface area contributed by atoms with Crippen LogP contribution in [-0.4, -0.2) is 16.2 Å². The number of benzene rings is 5. The van der Waals surface area contributed by atoms with E-state index >= 15 is 0 Å². The maximum atomic E-state index is 6.71. The normalized spacial score (nSPS) is 13.9. The summed E-state index contributed by atoms with van der Waals surface area (Å²) in [5.74, 6) is 2.47. The number of hydrogen-bond donors (Lipinski definition) is 0. The van der Waals surface area contributed by atoms with Crippen LogP contribution in [0.1, 0.15) is 73.4 Å². The highest BCUT2D eigenvalue weighted by atomic mass is 16.5. The van der Waals surface area contributed by atoms with Crippen LogP contribution >= 0.6 is 0 Å². The zero-order valence-electron chi connectivity index (χ0n) is 33.7. The van der Waals surface area contributed by atoms with Gasteiger partial charge in [0.25, 0.3) is 0 Å². The van der Waals surface area contributed by atoms with Gasteiger partial charge in [-0.25, -0.2) is 4.98 Å². The predicted molar refractivity (Wildman–Crippen MR) is 232 cm³/mol. The summed E-state index contributed by atoms with van der Waals surface area (Å²) in [6.45, 7) is 21.1. The molecular weight excluding hydrogens is 673 g/mol. The first kappa shape index (κ1) is 36.2. The molecule has 0 aliphatic carbocycles. The number of hydrogen-bond acceptors (Lipinski definition) is 4. The lowest BCUT2D eigenvalue weighted by atomic mass is 9.85. The Hall–Kier alpha value is -5.81. The van der Waals surface area contributed by atoms with Gasteiger partial charge in [0, 0.05) is 57.7 Å². The molecule has 0 saturated carbocycles. The van der Waals surface area contributed by atoms with Gasteiger partial charge in [0.1, 0.15) is 17.3 Å². The van der Waals surface area contributed by atoms with Crippen LogP contribution in [0.4, 0.5) is 11.4 Å². The number of nitrogens with zero attached hydrogens (tertiary/aromatic N) is 4. The molecule has 278 valence electrons. The van der Waals surface area contributed by atoms with Crippen LogP contribution in [0.2, 0.25) is 0 Å². The van der Waals surface area contributed by atoms with E-state index in [0.29, 0.717) is 6.67 Å². The van der Waals surface area contributed by atoms with E-state index in [1.165, 1.54) is 44.4 Å². The molecule has 3 heterocycles. The average Bonchev–Trinajstić information content (AvgIpc) is 3.75. The third-order valence-corrected chi connectivity index (χ3v) is 10.7. The van der Waals surface area contributed by atoms with Gasteiger partial charge in [-0.1, -0.05) is 123 Å². The van der Waals surface area contributed by atoms with E-state index in [-0.39, 0.29) is 16.2 Å². The molecule has 55 heavy (non-hydrogen) atoms. The number of ether oxygens (including phenoxy) is 1. The molecule has 0 saturated heterocycles. The summed E-state index contributed by atoms with van der Waals surface area (Å²) >= 11 is 0. The van der Waals surface area contributed by atoms with Crippen LogP contribution < -0.4 is 14.5 Å². The molecule has 8 rings (SSSR count). The number of pyridine rings is 1. The van der Waals surface area contributed by atoms with Crippen molar-refractivity contribution < 1.29 is 4.74 Å². The van der Waals surface area contributed by atoms with Gasteiger partial charge >= 0.3 is 0 Å². The third-order valence-electron chi connectivity index (χ3n) is 10.7. The highest BCUT2D eigenvalue weighted by molar-refractivity contribution is 6.09. The van der Waals surface area contributed by atoms with Crippen LogP contribution in [0, 0.1) is 5.41 Å². The fourth-order valence-corrected chi connectivity index (χ4v) is 7.67. The molecule has 0 spiro atoms. The Morgan fingerprint density at radius 2 is 1.25 bits per heavy atom. The molecule has 0 fully saturated rings. The van der Waals surface area contributed by atoms with Gasteiger partial charge in [0.15, 0.2) is 0 Å². The largest absolute Gasteiger partial charge is 0.457 e. The van der Waals surface area contributed by atoms with E-state index < -0.39 is 0 Å². The number of allylic oxidation sites excluding steroid dienone is 1. The molecule has 2 aromatic heterocycles. The van der Waals surface area contributed by atoms with Crippen molar-refractivity contribution in [2.75, 3.05) is 16.5 Å². The summed E-state index contributed by atoms with van der Waals surface area (Å²) in [6, 6.07) is 45.5. The van der Waals surface area contributed by atoms with E-state index in [1.807, 2.05) is 12.3 Å². The second-order valence-electron chi connectivity index (χ2n) is 17.9. The lowest BCUT2D eigenvalue weighted by Crippen LogP contribution is -2.30. The second-order valence-corrected chi connectivity index (χ2v) is 17.9. The molecule has 0 N–H and O–H groups in total. The minimum atomic E-state index is -0.0966. The topological polar surface area (TPSA) is 33.5 Å². The molecule has 7 aromatic rings. The van der Waals surface area contributed by atoms with E-state index in [1.54, 1.807) is 0 Å². The maximum absolute atomic E-state index is 6.71. The van der Waals surface area contributed by atoms with Gasteiger partial charge in [-0.2, -0.15) is 0 Å². The Labute approximate surface area is 326 Å². The fourth-order valence-electron chi connectivity index (χ4n) is 7.67. The smallest absolute Gasteiger partial charge is 0.137 e.